The fourth-order valence-corrected chi connectivity index (χ4v) is 4.81. The van der Waals surface area contributed by atoms with Gasteiger partial charge in [0.1, 0.15) is 17.7 Å². The van der Waals surface area contributed by atoms with E-state index in [2.05, 4.69) is 18.3 Å². The number of carbonyl (C=O) groups is 1. The first-order chi connectivity index (χ1) is 12.6. The molecule has 0 bridgehead atoms. The molecule has 0 radical (unpaired) electrons. The fraction of sp³-hybridized carbons (Fsp3) is 0.737. The molecule has 1 fully saturated rings. The van der Waals surface area contributed by atoms with Crippen molar-refractivity contribution in [1.29, 1.82) is 0 Å². The second-order valence-electron chi connectivity index (χ2n) is 7.23. The van der Waals surface area contributed by atoms with E-state index in [0.717, 1.165) is 12.0 Å². The number of rotatable bonds is 9. The molecule has 0 aliphatic carbocycles. The van der Waals surface area contributed by atoms with Crippen molar-refractivity contribution in [3.8, 4) is 0 Å². The largest absolute Gasteiger partial charge is 0.394 e. The molecule has 6 nitrogen and oxygen atoms in total. The number of thioether (sulfide) groups is 1. The summed E-state index contributed by atoms with van der Waals surface area (Å²) in [5.41, 5.74) is 1.07. The van der Waals surface area contributed by atoms with Gasteiger partial charge in [0, 0.05) is 18.2 Å². The third-order valence-corrected chi connectivity index (χ3v) is 6.40. The Morgan fingerprint density at radius 2 is 2.08 bits per heavy atom. The van der Waals surface area contributed by atoms with Crippen LogP contribution in [0, 0.1) is 0 Å². The number of allylic oxidation sites excluding steroid dienone is 1. The second kappa shape index (κ2) is 9.26. The number of urea groups is 1. The summed E-state index contributed by atoms with van der Waals surface area (Å²) in [7, 11) is 0. The molecule has 3 aliphatic heterocycles. The van der Waals surface area contributed by atoms with Gasteiger partial charge in [0.25, 0.3) is 0 Å². The Kier molecular flexibility index (Phi) is 7.03. The molecule has 0 aromatic heterocycles. The molecule has 3 aliphatic rings. The smallest absolute Gasteiger partial charge is 0.324 e. The predicted octanol–water partition coefficient (Wildman–Crippen LogP) is 3.07. The molecule has 0 aromatic rings. The molecule has 3 heterocycles. The van der Waals surface area contributed by atoms with Crippen LogP contribution < -0.4 is 5.32 Å². The van der Waals surface area contributed by atoms with Gasteiger partial charge in [0.05, 0.1) is 12.7 Å². The van der Waals surface area contributed by atoms with Crippen LogP contribution in [0.25, 0.3) is 0 Å². The first-order valence-electron chi connectivity index (χ1n) is 9.74. The van der Waals surface area contributed by atoms with Crippen molar-refractivity contribution in [2.75, 3.05) is 6.61 Å². The van der Waals surface area contributed by atoms with Crippen LogP contribution in [0.3, 0.4) is 0 Å². The third-order valence-electron chi connectivity index (χ3n) is 5.15. The Balaban J connectivity index is 1.53. The van der Waals surface area contributed by atoms with Gasteiger partial charge in [0.2, 0.25) is 0 Å². The molecule has 1 unspecified atom stereocenters. The Morgan fingerprint density at radius 3 is 2.81 bits per heavy atom. The third kappa shape index (κ3) is 4.63. The zero-order valence-corrected chi connectivity index (χ0v) is 16.2. The Labute approximate surface area is 159 Å². The maximum absolute atomic E-state index is 12.4. The minimum Gasteiger partial charge on any atom is -0.394 e. The second-order valence-corrected chi connectivity index (χ2v) is 8.46. The van der Waals surface area contributed by atoms with E-state index >= 15 is 0 Å². The van der Waals surface area contributed by atoms with Crippen LogP contribution in [0.4, 0.5) is 4.79 Å². The van der Waals surface area contributed by atoms with Gasteiger partial charge in [-0.05, 0) is 23.8 Å². The normalized spacial score (nSPS) is 30.9. The van der Waals surface area contributed by atoms with Gasteiger partial charge in [0.15, 0.2) is 0 Å². The summed E-state index contributed by atoms with van der Waals surface area (Å²) in [6.45, 7) is 1.98. The summed E-state index contributed by atoms with van der Waals surface area (Å²) in [6.07, 6.45) is 11.1. The number of amides is 2. The van der Waals surface area contributed by atoms with E-state index < -0.39 is 18.4 Å². The van der Waals surface area contributed by atoms with E-state index in [4.69, 9.17) is 4.74 Å². The maximum atomic E-state index is 12.4. The van der Waals surface area contributed by atoms with E-state index in [1.54, 1.807) is 11.8 Å². The van der Waals surface area contributed by atoms with E-state index in [9.17, 15) is 15.0 Å². The lowest BCUT2D eigenvalue weighted by Gasteiger charge is -2.32. The lowest BCUT2D eigenvalue weighted by atomic mass is 10.1. The number of nitrogens with zero attached hydrogens (tertiary/aromatic N) is 1. The summed E-state index contributed by atoms with van der Waals surface area (Å²) in [5, 5.41) is 22.1. The average molecular weight is 383 g/mol. The van der Waals surface area contributed by atoms with Gasteiger partial charge in [-0.2, -0.15) is 0 Å². The van der Waals surface area contributed by atoms with Crippen LogP contribution >= 0.6 is 11.8 Å². The number of aliphatic hydroxyl groups excluding tert-OH is 2. The first kappa shape index (κ1) is 19.7. The van der Waals surface area contributed by atoms with Gasteiger partial charge >= 0.3 is 6.03 Å². The zero-order chi connectivity index (χ0) is 18.5. The quantitative estimate of drug-likeness (QED) is 0.534. The molecule has 4 atom stereocenters. The van der Waals surface area contributed by atoms with Gasteiger partial charge in [-0.3, -0.25) is 4.90 Å². The molecule has 0 aromatic carbocycles. The van der Waals surface area contributed by atoms with Crippen molar-refractivity contribution in [1.82, 2.24) is 10.2 Å². The van der Waals surface area contributed by atoms with Crippen molar-refractivity contribution in [3.63, 3.8) is 0 Å². The first-order valence-corrected chi connectivity index (χ1v) is 10.6. The van der Waals surface area contributed by atoms with E-state index in [1.165, 1.54) is 48.3 Å². The highest BCUT2D eigenvalue weighted by atomic mass is 32.2. The molecule has 146 valence electrons. The van der Waals surface area contributed by atoms with Gasteiger partial charge in [-0.1, -0.05) is 39.0 Å². The highest BCUT2D eigenvalue weighted by molar-refractivity contribution is 8.04. The van der Waals surface area contributed by atoms with Crippen molar-refractivity contribution < 1.29 is 19.7 Å². The highest BCUT2D eigenvalue weighted by Crippen LogP contribution is 2.40. The lowest BCUT2D eigenvalue weighted by Crippen LogP contribution is -2.49. The number of fused-ring (bicyclic) bond motifs is 1. The molecule has 7 heteroatoms. The number of hydrogen-bond acceptors (Lipinski definition) is 5. The van der Waals surface area contributed by atoms with Crippen molar-refractivity contribution >= 4 is 17.8 Å². The number of hydrogen-bond donors (Lipinski definition) is 3. The molecular weight excluding hydrogens is 352 g/mol. The minimum atomic E-state index is -0.745. The fourth-order valence-electron chi connectivity index (χ4n) is 3.61. The van der Waals surface area contributed by atoms with Crippen molar-refractivity contribution in [2.24, 2.45) is 0 Å². The SMILES string of the molecule is CCCCCCCCC1=CC2=CN([C@H]3C[C@H](O)[C@@H](CO)O3)C(=O)NC2S1. The molecular formula is C19H30N2O4S. The molecule has 2 amide bonds. The summed E-state index contributed by atoms with van der Waals surface area (Å²) < 4.78 is 5.61. The molecule has 3 N–H and O–H groups in total. The van der Waals surface area contributed by atoms with Crippen LogP contribution in [-0.2, 0) is 4.74 Å². The van der Waals surface area contributed by atoms with Crippen LogP contribution in [0.15, 0.2) is 22.8 Å². The summed E-state index contributed by atoms with van der Waals surface area (Å²) in [5.74, 6) is 0. The van der Waals surface area contributed by atoms with Gasteiger partial charge < -0.3 is 20.3 Å². The summed E-state index contributed by atoms with van der Waals surface area (Å²) in [4.78, 5) is 15.2. The standard InChI is InChI=1S/C19H30N2O4S/c1-2-3-4-5-6-7-8-14-9-13-11-21(19(24)20-18(13)26-14)17-10-15(23)16(12-22)25-17/h9,11,15-18,22-23H,2-8,10,12H2,1H3,(H,20,24)/t15-,16+,17+,18?/m0/s1. The minimum absolute atomic E-state index is 0.0196. The van der Waals surface area contributed by atoms with Crippen LogP contribution in [0.5, 0.6) is 0 Å². The predicted molar refractivity (Wildman–Crippen MR) is 102 cm³/mol. The number of ether oxygens (including phenoxy) is 1. The monoisotopic (exact) mass is 382 g/mol. The van der Waals surface area contributed by atoms with E-state index in [-0.39, 0.29) is 18.0 Å². The number of aliphatic hydroxyl groups is 2. The Hall–Kier alpha value is -1.02. The molecule has 26 heavy (non-hydrogen) atoms. The summed E-state index contributed by atoms with van der Waals surface area (Å²) >= 11 is 1.72. The topological polar surface area (TPSA) is 82.0 Å². The Bertz CT molecular complexity index is 566. The van der Waals surface area contributed by atoms with Crippen LogP contribution in [0.1, 0.15) is 58.3 Å². The average Bonchev–Trinajstić information content (AvgIpc) is 3.19. The Morgan fingerprint density at radius 1 is 1.31 bits per heavy atom. The molecule has 0 saturated carbocycles. The van der Waals surface area contributed by atoms with E-state index in [0.29, 0.717) is 6.42 Å². The van der Waals surface area contributed by atoms with Gasteiger partial charge in [-0.15, -0.1) is 11.8 Å². The lowest BCUT2D eigenvalue weighted by molar-refractivity contribution is -0.0541. The van der Waals surface area contributed by atoms with Gasteiger partial charge in [-0.25, -0.2) is 4.79 Å². The molecule has 1 saturated heterocycles. The maximum Gasteiger partial charge on any atom is 0.324 e. The van der Waals surface area contributed by atoms with Crippen molar-refractivity contribution in [3.05, 3.63) is 22.8 Å². The zero-order valence-electron chi connectivity index (χ0n) is 15.4. The molecule has 3 rings (SSSR count). The number of unbranched alkanes of at least 4 members (excludes halogenated alkanes) is 5. The highest BCUT2D eigenvalue weighted by Gasteiger charge is 2.41. The van der Waals surface area contributed by atoms with Crippen molar-refractivity contribution in [2.45, 2.75) is 82.1 Å². The van der Waals surface area contributed by atoms with Crippen LogP contribution in [0.2, 0.25) is 0 Å². The number of carbonyl (C=O) groups excluding carboxylic acids is 1. The summed E-state index contributed by atoms with van der Waals surface area (Å²) in [6, 6.07) is -0.212. The number of nitrogens with one attached hydrogen (secondary N) is 1. The van der Waals surface area contributed by atoms with E-state index in [1.807, 2.05) is 6.20 Å². The van der Waals surface area contributed by atoms with Crippen LogP contribution in [-0.4, -0.2) is 51.6 Å². The molecule has 0 spiro atoms.